The molecule has 6 heteroatoms. The number of nitrogens with two attached hydrogens (primary N) is 1. The Balaban J connectivity index is 2.67. The summed E-state index contributed by atoms with van der Waals surface area (Å²) in [6, 6.07) is 0. The van der Waals surface area contributed by atoms with Crippen molar-refractivity contribution in [1.29, 1.82) is 0 Å². The van der Waals surface area contributed by atoms with Crippen molar-refractivity contribution in [3.63, 3.8) is 0 Å². The van der Waals surface area contributed by atoms with Gasteiger partial charge >= 0.3 is 5.97 Å². The zero-order valence-corrected chi connectivity index (χ0v) is 9.71. The third-order valence-corrected chi connectivity index (χ3v) is 3.32. The molecule has 84 valence electrons. The number of carboxylic acids is 1. The first-order valence-corrected chi connectivity index (χ1v) is 5.60. The molecule has 3 N–H and O–H groups in total. The molecule has 2 aromatic rings. The third-order valence-electron chi connectivity index (χ3n) is 2.22. The van der Waals surface area contributed by atoms with E-state index < -0.39 is 5.97 Å². The van der Waals surface area contributed by atoms with Crippen LogP contribution in [0.3, 0.4) is 0 Å². The van der Waals surface area contributed by atoms with Gasteiger partial charge in [-0.05, 0) is 0 Å². The molecule has 0 saturated heterocycles. The molecule has 0 aromatic carbocycles. The van der Waals surface area contributed by atoms with Gasteiger partial charge in [-0.15, -0.1) is 11.3 Å². The number of fused-ring (bicyclic) bond motifs is 1. The van der Waals surface area contributed by atoms with Gasteiger partial charge in [-0.3, -0.25) is 0 Å². The smallest absolute Gasteiger partial charge is 0.348 e. The van der Waals surface area contributed by atoms with Crippen LogP contribution in [0.2, 0.25) is 0 Å². The number of hydrogen-bond donors (Lipinski definition) is 2. The molecule has 0 aliphatic rings. The standard InChI is InChI=1S/C10H11N3O2S/c1-4(2)8-12-3-5-6(11)7(10(14)15)16-9(5)13-8/h3-4H,11H2,1-2H3,(H,14,15). The van der Waals surface area contributed by atoms with Gasteiger partial charge in [-0.2, -0.15) is 0 Å². The monoisotopic (exact) mass is 237 g/mol. The molecule has 16 heavy (non-hydrogen) atoms. The summed E-state index contributed by atoms with van der Waals surface area (Å²) in [4.78, 5) is 20.1. The lowest BCUT2D eigenvalue weighted by atomic mass is 10.2. The number of nitrogen functional groups attached to an aromatic ring is 1. The van der Waals surface area contributed by atoms with Crippen LogP contribution in [0.15, 0.2) is 6.20 Å². The molecule has 0 unspecified atom stereocenters. The molecular weight excluding hydrogens is 226 g/mol. The highest BCUT2D eigenvalue weighted by atomic mass is 32.1. The molecule has 2 rings (SSSR count). The van der Waals surface area contributed by atoms with E-state index in [-0.39, 0.29) is 16.5 Å². The van der Waals surface area contributed by atoms with E-state index in [9.17, 15) is 4.79 Å². The van der Waals surface area contributed by atoms with Gasteiger partial charge < -0.3 is 10.8 Å². The fourth-order valence-corrected chi connectivity index (χ4v) is 2.26. The molecule has 0 fully saturated rings. The molecule has 0 amide bonds. The fraction of sp³-hybridized carbons (Fsp3) is 0.300. The first kappa shape index (κ1) is 10.8. The van der Waals surface area contributed by atoms with Gasteiger partial charge in [-0.1, -0.05) is 13.8 Å². The van der Waals surface area contributed by atoms with E-state index >= 15 is 0 Å². The predicted octanol–water partition coefficient (Wildman–Crippen LogP) is 2.10. The van der Waals surface area contributed by atoms with Crippen molar-refractivity contribution < 1.29 is 9.90 Å². The van der Waals surface area contributed by atoms with Crippen molar-refractivity contribution in [1.82, 2.24) is 9.97 Å². The van der Waals surface area contributed by atoms with E-state index in [0.29, 0.717) is 16.0 Å². The van der Waals surface area contributed by atoms with Crippen molar-refractivity contribution in [2.45, 2.75) is 19.8 Å². The Morgan fingerprint density at radius 3 is 2.81 bits per heavy atom. The van der Waals surface area contributed by atoms with Crippen LogP contribution in [0.1, 0.15) is 35.3 Å². The highest BCUT2D eigenvalue weighted by molar-refractivity contribution is 7.21. The first-order chi connectivity index (χ1) is 7.50. The Hall–Kier alpha value is -1.69. The van der Waals surface area contributed by atoms with Crippen LogP contribution in [0.25, 0.3) is 10.2 Å². The SMILES string of the molecule is CC(C)c1ncc2c(N)c(C(=O)O)sc2n1. The number of rotatable bonds is 2. The van der Waals surface area contributed by atoms with Crippen LogP contribution >= 0.6 is 11.3 Å². The first-order valence-electron chi connectivity index (χ1n) is 4.79. The van der Waals surface area contributed by atoms with Gasteiger partial charge in [0.05, 0.1) is 11.1 Å². The van der Waals surface area contributed by atoms with Crippen molar-refractivity contribution in [3.8, 4) is 0 Å². The average Bonchev–Trinajstić information content (AvgIpc) is 2.55. The summed E-state index contributed by atoms with van der Waals surface area (Å²) in [6.45, 7) is 3.96. The summed E-state index contributed by atoms with van der Waals surface area (Å²) in [5, 5.41) is 9.54. The number of aromatic carboxylic acids is 1. The Labute approximate surface area is 95.9 Å². The molecule has 0 saturated carbocycles. The Morgan fingerprint density at radius 1 is 1.56 bits per heavy atom. The Bertz CT molecular complexity index is 562. The summed E-state index contributed by atoms with van der Waals surface area (Å²) >= 11 is 1.09. The summed E-state index contributed by atoms with van der Waals surface area (Å²) in [6.07, 6.45) is 1.59. The largest absolute Gasteiger partial charge is 0.477 e. The normalized spacial score (nSPS) is 11.2. The Kier molecular flexibility index (Phi) is 2.51. The van der Waals surface area contributed by atoms with E-state index in [4.69, 9.17) is 10.8 Å². The molecule has 0 aliphatic carbocycles. The summed E-state index contributed by atoms with van der Waals surface area (Å²) in [5.41, 5.74) is 5.97. The second-order valence-electron chi connectivity index (χ2n) is 3.75. The lowest BCUT2D eigenvalue weighted by Gasteiger charge is -2.01. The van der Waals surface area contributed by atoms with Gasteiger partial charge in [0.25, 0.3) is 0 Å². The number of carboxylic acid groups (broad SMARTS) is 1. The van der Waals surface area contributed by atoms with Gasteiger partial charge in [0.15, 0.2) is 0 Å². The molecule has 2 aromatic heterocycles. The second kappa shape index (κ2) is 3.71. The number of hydrogen-bond acceptors (Lipinski definition) is 5. The second-order valence-corrected chi connectivity index (χ2v) is 4.75. The molecular formula is C10H11N3O2S. The quantitative estimate of drug-likeness (QED) is 0.834. The number of anilines is 1. The molecule has 5 nitrogen and oxygen atoms in total. The topological polar surface area (TPSA) is 89.1 Å². The highest BCUT2D eigenvalue weighted by Crippen LogP contribution is 2.32. The molecule has 0 spiro atoms. The van der Waals surface area contributed by atoms with Crippen molar-refractivity contribution in [2.75, 3.05) is 5.73 Å². The third kappa shape index (κ3) is 1.61. The lowest BCUT2D eigenvalue weighted by molar-refractivity contribution is 0.0703. The maximum atomic E-state index is 10.9. The number of nitrogens with zero attached hydrogens (tertiary/aromatic N) is 2. The Morgan fingerprint density at radius 2 is 2.25 bits per heavy atom. The number of aromatic nitrogens is 2. The van der Waals surface area contributed by atoms with Crippen LogP contribution in [-0.4, -0.2) is 21.0 Å². The van der Waals surface area contributed by atoms with Gasteiger partial charge in [0.2, 0.25) is 0 Å². The van der Waals surface area contributed by atoms with Crippen molar-refractivity contribution in [3.05, 3.63) is 16.9 Å². The van der Waals surface area contributed by atoms with E-state index in [1.54, 1.807) is 6.20 Å². The van der Waals surface area contributed by atoms with Gasteiger partial charge in [-0.25, -0.2) is 14.8 Å². The van der Waals surface area contributed by atoms with Crippen molar-refractivity contribution in [2.24, 2.45) is 0 Å². The van der Waals surface area contributed by atoms with Crippen molar-refractivity contribution >= 4 is 33.2 Å². The molecule has 0 aliphatic heterocycles. The average molecular weight is 237 g/mol. The van der Waals surface area contributed by atoms with E-state index in [0.717, 1.165) is 11.3 Å². The predicted molar refractivity (Wildman–Crippen MR) is 62.9 cm³/mol. The minimum atomic E-state index is -1.02. The van der Waals surface area contributed by atoms with E-state index in [1.807, 2.05) is 13.8 Å². The maximum Gasteiger partial charge on any atom is 0.348 e. The van der Waals surface area contributed by atoms with Crippen LogP contribution in [0, 0.1) is 0 Å². The minimum absolute atomic E-state index is 0.130. The van der Waals surface area contributed by atoms with Crippen LogP contribution in [0.5, 0.6) is 0 Å². The molecule has 0 bridgehead atoms. The zero-order valence-electron chi connectivity index (χ0n) is 8.89. The van der Waals surface area contributed by atoms with Crippen LogP contribution in [-0.2, 0) is 0 Å². The summed E-state index contributed by atoms with van der Waals surface area (Å²) < 4.78 is 0. The minimum Gasteiger partial charge on any atom is -0.477 e. The molecule has 0 atom stereocenters. The zero-order chi connectivity index (χ0) is 11.9. The van der Waals surface area contributed by atoms with Crippen LogP contribution in [0.4, 0.5) is 5.69 Å². The lowest BCUT2D eigenvalue weighted by Crippen LogP contribution is -1.98. The maximum absolute atomic E-state index is 10.9. The van der Waals surface area contributed by atoms with E-state index in [2.05, 4.69) is 9.97 Å². The summed E-state index contributed by atoms with van der Waals surface area (Å²) in [7, 11) is 0. The van der Waals surface area contributed by atoms with Gasteiger partial charge in [0, 0.05) is 12.1 Å². The number of carbonyl (C=O) groups is 1. The molecule has 2 heterocycles. The number of thiophene rings is 1. The van der Waals surface area contributed by atoms with E-state index in [1.165, 1.54) is 0 Å². The summed E-state index contributed by atoms with van der Waals surface area (Å²) in [5.74, 6) is -0.113. The fourth-order valence-electron chi connectivity index (χ4n) is 1.35. The molecule has 0 radical (unpaired) electrons. The highest BCUT2D eigenvalue weighted by Gasteiger charge is 2.17. The van der Waals surface area contributed by atoms with Crippen LogP contribution < -0.4 is 5.73 Å². The van der Waals surface area contributed by atoms with Gasteiger partial charge in [0.1, 0.15) is 15.5 Å².